The van der Waals surface area contributed by atoms with Crippen molar-refractivity contribution < 1.29 is 4.79 Å². The van der Waals surface area contributed by atoms with E-state index >= 15 is 0 Å². The van der Waals surface area contributed by atoms with Crippen molar-refractivity contribution in [2.75, 3.05) is 48.3 Å². The zero-order valence-corrected chi connectivity index (χ0v) is 23.0. The number of nitrogens with zero attached hydrogens (tertiary/aromatic N) is 8. The van der Waals surface area contributed by atoms with Crippen molar-refractivity contribution in [3.8, 4) is 6.07 Å². The number of hydrogen-bond acceptors (Lipinski definition) is 9. The van der Waals surface area contributed by atoms with Crippen LogP contribution in [-0.4, -0.2) is 64.9 Å². The van der Waals surface area contributed by atoms with Crippen LogP contribution < -0.4 is 15.1 Å². The Kier molecular flexibility index (Phi) is 6.38. The third-order valence-electron chi connectivity index (χ3n) is 7.58. The molecule has 0 atom stereocenters. The number of halogens is 2. The van der Waals surface area contributed by atoms with E-state index in [2.05, 4.69) is 38.3 Å². The summed E-state index contributed by atoms with van der Waals surface area (Å²) in [5, 5.41) is 13.8. The largest absolute Gasteiger partial charge is 0.324 e. The first-order chi connectivity index (χ1) is 18.8. The predicted molar refractivity (Wildman–Crippen MR) is 151 cm³/mol. The van der Waals surface area contributed by atoms with Crippen LogP contribution in [0.2, 0.25) is 10.0 Å². The van der Waals surface area contributed by atoms with Crippen molar-refractivity contribution in [2.24, 2.45) is 4.99 Å². The van der Waals surface area contributed by atoms with E-state index in [1.807, 2.05) is 30.0 Å². The van der Waals surface area contributed by atoms with Gasteiger partial charge in [0.25, 0.3) is 5.91 Å². The number of guanidine groups is 1. The zero-order valence-electron chi connectivity index (χ0n) is 21.4. The Morgan fingerprint density at radius 1 is 1.10 bits per heavy atom. The van der Waals surface area contributed by atoms with Gasteiger partial charge in [-0.3, -0.25) is 19.7 Å². The third kappa shape index (κ3) is 4.27. The number of fused-ring (bicyclic) bond motifs is 3. The van der Waals surface area contributed by atoms with Gasteiger partial charge in [-0.1, -0.05) is 29.3 Å². The van der Waals surface area contributed by atoms with Gasteiger partial charge in [-0.05, 0) is 63.2 Å². The van der Waals surface area contributed by atoms with Crippen LogP contribution in [0, 0.1) is 18.3 Å². The van der Waals surface area contributed by atoms with Gasteiger partial charge in [0, 0.05) is 30.8 Å². The molecule has 0 radical (unpaired) electrons. The van der Waals surface area contributed by atoms with Crippen LogP contribution >= 0.6 is 23.2 Å². The smallest absolute Gasteiger partial charge is 0.270 e. The minimum Gasteiger partial charge on any atom is -0.324 e. The summed E-state index contributed by atoms with van der Waals surface area (Å²) in [4.78, 5) is 36.8. The van der Waals surface area contributed by atoms with Gasteiger partial charge < -0.3 is 10.2 Å². The molecule has 1 aromatic carbocycles. The number of anilines is 4. The van der Waals surface area contributed by atoms with Crippen molar-refractivity contribution in [3.05, 3.63) is 63.5 Å². The Morgan fingerprint density at radius 3 is 2.54 bits per heavy atom. The highest BCUT2D eigenvalue weighted by atomic mass is 35.5. The molecule has 198 valence electrons. The number of rotatable bonds is 4. The Bertz CT molecular complexity index is 1540. The van der Waals surface area contributed by atoms with E-state index in [4.69, 9.17) is 28.2 Å². The van der Waals surface area contributed by atoms with E-state index in [9.17, 15) is 10.1 Å². The summed E-state index contributed by atoms with van der Waals surface area (Å²) in [6, 6.07) is 8.59. The monoisotopic (exact) mass is 561 g/mol. The highest BCUT2D eigenvalue weighted by Crippen LogP contribution is 2.40. The molecule has 0 unspecified atom stereocenters. The summed E-state index contributed by atoms with van der Waals surface area (Å²) in [7, 11) is 2.09. The molecule has 5 heterocycles. The lowest BCUT2D eigenvalue weighted by Gasteiger charge is -2.36. The van der Waals surface area contributed by atoms with Crippen molar-refractivity contribution in [3.63, 3.8) is 0 Å². The van der Waals surface area contributed by atoms with Crippen molar-refractivity contribution in [2.45, 2.75) is 25.2 Å². The molecule has 1 fully saturated rings. The van der Waals surface area contributed by atoms with Crippen LogP contribution in [0.15, 0.2) is 41.8 Å². The summed E-state index contributed by atoms with van der Waals surface area (Å²) >= 11 is 12.8. The van der Waals surface area contributed by atoms with Crippen LogP contribution in [0.3, 0.4) is 0 Å². The van der Waals surface area contributed by atoms with Crippen molar-refractivity contribution in [1.29, 1.82) is 5.26 Å². The molecule has 39 heavy (non-hydrogen) atoms. The van der Waals surface area contributed by atoms with Crippen molar-refractivity contribution >= 4 is 58.2 Å². The second-order valence-electron chi connectivity index (χ2n) is 10.0. The SMILES string of the molecule is Cc1cc(Nc2ncc3c(n2)N2CCN=C2N(c2c(Cl)cncc2Cl)C3=O)ccc1C1(C#N)CCN(C)CC1. The van der Waals surface area contributed by atoms with Crippen LogP contribution in [-0.2, 0) is 5.41 Å². The second-order valence-corrected chi connectivity index (χ2v) is 10.8. The fourth-order valence-corrected chi connectivity index (χ4v) is 6.03. The number of piperidine rings is 1. The van der Waals surface area contributed by atoms with Gasteiger partial charge in [-0.2, -0.15) is 10.2 Å². The first kappa shape index (κ1) is 25.5. The molecule has 0 saturated carbocycles. The lowest BCUT2D eigenvalue weighted by Crippen LogP contribution is -2.51. The number of nitriles is 1. The van der Waals surface area contributed by atoms with Crippen LogP contribution in [0.5, 0.6) is 0 Å². The normalized spacial score (nSPS) is 18.3. The average molecular weight is 562 g/mol. The van der Waals surface area contributed by atoms with Crippen LogP contribution in [0.1, 0.15) is 34.3 Å². The molecule has 10 nitrogen and oxygen atoms in total. The van der Waals surface area contributed by atoms with Gasteiger partial charge in [0.2, 0.25) is 11.9 Å². The number of hydrogen-bond donors (Lipinski definition) is 1. The van der Waals surface area contributed by atoms with Crippen LogP contribution in [0.25, 0.3) is 0 Å². The Labute approximate surface area is 235 Å². The summed E-state index contributed by atoms with van der Waals surface area (Å²) in [6.07, 6.45) is 5.99. The average Bonchev–Trinajstić information content (AvgIpc) is 3.41. The number of aryl methyl sites for hydroxylation is 1. The van der Waals surface area contributed by atoms with Gasteiger partial charge in [0.15, 0.2) is 5.82 Å². The van der Waals surface area contributed by atoms with Crippen molar-refractivity contribution in [1.82, 2.24) is 19.9 Å². The fraction of sp³-hybridized carbons (Fsp3) is 0.333. The highest BCUT2D eigenvalue weighted by molar-refractivity contribution is 6.43. The number of nitrogens with one attached hydrogen (secondary N) is 1. The lowest BCUT2D eigenvalue weighted by atomic mass is 9.72. The van der Waals surface area contributed by atoms with Gasteiger partial charge >= 0.3 is 0 Å². The van der Waals surface area contributed by atoms with E-state index in [-0.39, 0.29) is 16.0 Å². The number of likely N-dealkylation sites (tertiary alicyclic amines) is 1. The minimum atomic E-state index is -0.476. The van der Waals surface area contributed by atoms with Gasteiger partial charge in [0.05, 0.1) is 33.8 Å². The summed E-state index contributed by atoms with van der Waals surface area (Å²) in [6.45, 7) is 4.85. The van der Waals surface area contributed by atoms with E-state index in [1.165, 1.54) is 23.5 Å². The number of benzene rings is 1. The molecule has 3 aliphatic heterocycles. The fourth-order valence-electron chi connectivity index (χ4n) is 5.50. The molecule has 0 aliphatic carbocycles. The molecule has 0 bridgehead atoms. The van der Waals surface area contributed by atoms with E-state index < -0.39 is 5.41 Å². The Hall–Kier alpha value is -3.78. The summed E-state index contributed by atoms with van der Waals surface area (Å²) < 4.78 is 0. The number of aliphatic imine (C=N–C) groups is 1. The standard InChI is InChI=1S/C27H25Cl2N9O/c1-16-11-17(3-4-19(16)27(15-30)5-8-36(2)9-6-27)34-25-33-12-18-23(35-25)37-10-7-32-26(37)38(24(18)39)22-20(28)13-31-14-21(22)29/h3-4,11-14H,5-10H2,1-2H3,(H,33,34,35). The summed E-state index contributed by atoms with van der Waals surface area (Å²) in [5.41, 5.74) is 3.06. The van der Waals surface area contributed by atoms with Gasteiger partial charge in [-0.25, -0.2) is 9.88 Å². The maximum Gasteiger partial charge on any atom is 0.270 e. The molecule has 2 aromatic heterocycles. The molecule has 3 aliphatic rings. The third-order valence-corrected chi connectivity index (χ3v) is 8.13. The number of aromatic nitrogens is 3. The topological polar surface area (TPSA) is 114 Å². The molecule has 12 heteroatoms. The molecular weight excluding hydrogens is 537 g/mol. The van der Waals surface area contributed by atoms with E-state index in [0.717, 1.165) is 42.7 Å². The van der Waals surface area contributed by atoms with E-state index in [0.29, 0.717) is 42.1 Å². The number of carbonyl (C=O) groups excluding carboxylic acids is 1. The van der Waals surface area contributed by atoms with Gasteiger partial charge in [0.1, 0.15) is 5.56 Å². The molecule has 1 saturated heterocycles. The molecule has 1 N–H and O–H groups in total. The Morgan fingerprint density at radius 2 is 1.85 bits per heavy atom. The maximum absolute atomic E-state index is 13.6. The molecular formula is C27H25Cl2N9O. The van der Waals surface area contributed by atoms with E-state index in [1.54, 1.807) is 0 Å². The number of carbonyl (C=O) groups is 1. The Balaban J connectivity index is 1.30. The summed E-state index contributed by atoms with van der Waals surface area (Å²) in [5.74, 6) is 0.855. The lowest BCUT2D eigenvalue weighted by molar-refractivity contribution is 0.1000. The molecule has 6 rings (SSSR count). The predicted octanol–water partition coefficient (Wildman–Crippen LogP) is 4.55. The first-order valence-electron chi connectivity index (χ1n) is 12.6. The number of amides is 1. The van der Waals surface area contributed by atoms with Crippen LogP contribution in [0.4, 0.5) is 23.1 Å². The molecule has 1 amide bonds. The van der Waals surface area contributed by atoms with Gasteiger partial charge in [-0.15, -0.1) is 0 Å². The number of pyridine rings is 1. The highest BCUT2D eigenvalue weighted by Gasteiger charge is 2.41. The zero-order chi connectivity index (χ0) is 27.3. The quantitative estimate of drug-likeness (QED) is 0.493. The minimum absolute atomic E-state index is 0.241. The second kappa shape index (κ2) is 9.75. The maximum atomic E-state index is 13.6. The molecule has 0 spiro atoms. The molecule has 3 aromatic rings. The first-order valence-corrected chi connectivity index (χ1v) is 13.4.